The van der Waals surface area contributed by atoms with Crippen LogP contribution in [0.5, 0.6) is 0 Å². The van der Waals surface area contributed by atoms with E-state index in [0.29, 0.717) is 0 Å². The van der Waals surface area contributed by atoms with Gasteiger partial charge in [-0.15, -0.1) is 0 Å². The first-order valence-corrected chi connectivity index (χ1v) is 6.74. The molecule has 0 bridgehead atoms. The third-order valence-electron chi connectivity index (χ3n) is 2.92. The van der Waals surface area contributed by atoms with E-state index in [1.54, 1.807) is 0 Å². The standard InChI is InChI=1S/C16H25N/c1-3-13-17-14-7-8-15(2)11-12-16-9-5-4-6-10-16/h4-6,9-10,17H,2-3,7-8,11-14H2,1H3. The van der Waals surface area contributed by atoms with Gasteiger partial charge in [0.2, 0.25) is 0 Å². The van der Waals surface area contributed by atoms with Gasteiger partial charge in [0.05, 0.1) is 0 Å². The average Bonchev–Trinajstić information content (AvgIpc) is 2.37. The molecule has 1 heteroatoms. The molecule has 0 fully saturated rings. The van der Waals surface area contributed by atoms with Gasteiger partial charge in [0.15, 0.2) is 0 Å². The zero-order valence-corrected chi connectivity index (χ0v) is 11.0. The molecule has 0 unspecified atom stereocenters. The third kappa shape index (κ3) is 6.96. The summed E-state index contributed by atoms with van der Waals surface area (Å²) in [6.07, 6.45) is 5.84. The Hall–Kier alpha value is -1.08. The highest BCUT2D eigenvalue weighted by atomic mass is 14.8. The number of hydrogen-bond donors (Lipinski definition) is 1. The SMILES string of the molecule is C=C(CCCNCCC)CCc1ccccc1. The van der Waals surface area contributed by atoms with Gasteiger partial charge in [-0.1, -0.05) is 49.4 Å². The molecule has 17 heavy (non-hydrogen) atoms. The summed E-state index contributed by atoms with van der Waals surface area (Å²) in [4.78, 5) is 0. The summed E-state index contributed by atoms with van der Waals surface area (Å²) >= 11 is 0. The van der Waals surface area contributed by atoms with Crippen molar-refractivity contribution in [1.82, 2.24) is 5.32 Å². The number of hydrogen-bond acceptors (Lipinski definition) is 1. The maximum atomic E-state index is 4.16. The van der Waals surface area contributed by atoms with E-state index in [-0.39, 0.29) is 0 Å². The molecule has 0 aliphatic carbocycles. The maximum absolute atomic E-state index is 4.16. The minimum Gasteiger partial charge on any atom is -0.317 e. The lowest BCUT2D eigenvalue weighted by atomic mass is 10.0. The Balaban J connectivity index is 2.05. The zero-order valence-electron chi connectivity index (χ0n) is 11.0. The van der Waals surface area contributed by atoms with Gasteiger partial charge < -0.3 is 5.32 Å². The second-order valence-electron chi connectivity index (χ2n) is 4.59. The molecular formula is C16H25N. The van der Waals surface area contributed by atoms with Crippen LogP contribution in [-0.4, -0.2) is 13.1 Å². The first kappa shape index (κ1) is 14.0. The number of nitrogens with one attached hydrogen (secondary N) is 1. The van der Waals surface area contributed by atoms with Crippen molar-refractivity contribution >= 4 is 0 Å². The highest BCUT2D eigenvalue weighted by molar-refractivity contribution is 5.16. The molecule has 1 aromatic carbocycles. The van der Waals surface area contributed by atoms with Crippen molar-refractivity contribution in [3.63, 3.8) is 0 Å². The van der Waals surface area contributed by atoms with E-state index in [9.17, 15) is 0 Å². The van der Waals surface area contributed by atoms with E-state index in [2.05, 4.69) is 49.2 Å². The molecule has 0 aliphatic rings. The van der Waals surface area contributed by atoms with Crippen molar-refractivity contribution in [2.75, 3.05) is 13.1 Å². The van der Waals surface area contributed by atoms with E-state index in [0.717, 1.165) is 32.4 Å². The van der Waals surface area contributed by atoms with Crippen LogP contribution in [0.4, 0.5) is 0 Å². The van der Waals surface area contributed by atoms with E-state index in [1.165, 1.54) is 24.0 Å². The number of rotatable bonds is 9. The molecule has 0 heterocycles. The lowest BCUT2D eigenvalue weighted by Crippen LogP contribution is -2.15. The van der Waals surface area contributed by atoms with Gasteiger partial charge in [-0.3, -0.25) is 0 Å². The summed E-state index contributed by atoms with van der Waals surface area (Å²) in [5.41, 5.74) is 2.80. The quantitative estimate of drug-likeness (QED) is 0.501. The number of allylic oxidation sites excluding steroid dienone is 1. The van der Waals surface area contributed by atoms with Gasteiger partial charge in [-0.05, 0) is 50.8 Å². The smallest absolute Gasteiger partial charge is 0.00459 e. The minimum atomic E-state index is 1.12. The van der Waals surface area contributed by atoms with Gasteiger partial charge in [0, 0.05) is 0 Å². The largest absolute Gasteiger partial charge is 0.317 e. The highest BCUT2D eigenvalue weighted by Gasteiger charge is 1.97. The molecule has 0 saturated carbocycles. The molecule has 0 saturated heterocycles. The van der Waals surface area contributed by atoms with E-state index >= 15 is 0 Å². The Morgan fingerprint density at radius 2 is 1.88 bits per heavy atom. The fraction of sp³-hybridized carbons (Fsp3) is 0.500. The Bertz CT molecular complexity index is 303. The van der Waals surface area contributed by atoms with Crippen LogP contribution in [-0.2, 0) is 6.42 Å². The van der Waals surface area contributed by atoms with Crippen molar-refractivity contribution in [3.05, 3.63) is 48.0 Å². The molecule has 1 aromatic rings. The van der Waals surface area contributed by atoms with Crippen molar-refractivity contribution in [3.8, 4) is 0 Å². The molecule has 1 rings (SSSR count). The Labute approximate surface area is 106 Å². The molecule has 94 valence electrons. The minimum absolute atomic E-state index is 1.12. The Kier molecular flexibility index (Phi) is 7.40. The summed E-state index contributed by atoms with van der Waals surface area (Å²) in [5.74, 6) is 0. The van der Waals surface area contributed by atoms with Crippen LogP contribution in [0.3, 0.4) is 0 Å². The molecule has 1 nitrogen and oxygen atoms in total. The topological polar surface area (TPSA) is 12.0 Å². The molecule has 0 amide bonds. The summed E-state index contributed by atoms with van der Waals surface area (Å²) in [5, 5.41) is 3.42. The maximum Gasteiger partial charge on any atom is -0.00459 e. The summed E-state index contributed by atoms with van der Waals surface area (Å²) in [6, 6.07) is 10.7. The van der Waals surface area contributed by atoms with Crippen LogP contribution in [0, 0.1) is 0 Å². The molecule has 0 atom stereocenters. The van der Waals surface area contributed by atoms with Crippen LogP contribution in [0.25, 0.3) is 0 Å². The summed E-state index contributed by atoms with van der Waals surface area (Å²) in [7, 11) is 0. The Morgan fingerprint density at radius 1 is 1.12 bits per heavy atom. The predicted octanol–water partition coefficient (Wildman–Crippen LogP) is 3.96. The third-order valence-corrected chi connectivity index (χ3v) is 2.92. The van der Waals surface area contributed by atoms with Crippen LogP contribution in [0.1, 0.15) is 38.2 Å². The highest BCUT2D eigenvalue weighted by Crippen LogP contribution is 2.11. The van der Waals surface area contributed by atoms with Crippen molar-refractivity contribution < 1.29 is 0 Å². The summed E-state index contributed by atoms with van der Waals surface area (Å²) < 4.78 is 0. The van der Waals surface area contributed by atoms with Gasteiger partial charge in [0.1, 0.15) is 0 Å². The molecule has 0 aromatic heterocycles. The zero-order chi connectivity index (χ0) is 12.3. The molecule has 0 radical (unpaired) electrons. The van der Waals surface area contributed by atoms with Crippen LogP contribution >= 0.6 is 0 Å². The van der Waals surface area contributed by atoms with Crippen molar-refractivity contribution in [2.45, 2.75) is 39.0 Å². The first-order valence-electron chi connectivity index (χ1n) is 6.74. The molecule has 0 aliphatic heterocycles. The van der Waals surface area contributed by atoms with Crippen molar-refractivity contribution in [1.29, 1.82) is 0 Å². The average molecular weight is 231 g/mol. The van der Waals surface area contributed by atoms with Gasteiger partial charge in [-0.25, -0.2) is 0 Å². The number of benzene rings is 1. The summed E-state index contributed by atoms with van der Waals surface area (Å²) in [6.45, 7) is 8.62. The lowest BCUT2D eigenvalue weighted by molar-refractivity contribution is 0.632. The monoisotopic (exact) mass is 231 g/mol. The van der Waals surface area contributed by atoms with E-state index in [1.807, 2.05) is 0 Å². The van der Waals surface area contributed by atoms with Crippen LogP contribution in [0.2, 0.25) is 0 Å². The fourth-order valence-electron chi connectivity index (χ4n) is 1.86. The predicted molar refractivity (Wildman–Crippen MR) is 76.3 cm³/mol. The molecule has 1 N–H and O–H groups in total. The molecular weight excluding hydrogens is 206 g/mol. The second-order valence-corrected chi connectivity index (χ2v) is 4.59. The van der Waals surface area contributed by atoms with E-state index < -0.39 is 0 Å². The van der Waals surface area contributed by atoms with Gasteiger partial charge in [-0.2, -0.15) is 0 Å². The molecule has 0 spiro atoms. The number of aryl methyl sites for hydroxylation is 1. The fourth-order valence-corrected chi connectivity index (χ4v) is 1.86. The van der Waals surface area contributed by atoms with Gasteiger partial charge in [0.25, 0.3) is 0 Å². The van der Waals surface area contributed by atoms with Crippen molar-refractivity contribution in [2.24, 2.45) is 0 Å². The van der Waals surface area contributed by atoms with Crippen LogP contribution in [0.15, 0.2) is 42.5 Å². The second kappa shape index (κ2) is 9.00. The Morgan fingerprint density at radius 3 is 2.59 bits per heavy atom. The van der Waals surface area contributed by atoms with E-state index in [4.69, 9.17) is 0 Å². The van der Waals surface area contributed by atoms with Gasteiger partial charge >= 0.3 is 0 Å². The lowest BCUT2D eigenvalue weighted by Gasteiger charge is -2.06. The first-order chi connectivity index (χ1) is 8.33. The normalized spacial score (nSPS) is 10.4. The van der Waals surface area contributed by atoms with Crippen LogP contribution < -0.4 is 5.32 Å².